The summed E-state index contributed by atoms with van der Waals surface area (Å²) < 4.78 is 63.7. The average molecular weight is 906 g/mol. The Labute approximate surface area is 347 Å². The monoisotopic (exact) mass is 904 g/mol. The van der Waals surface area contributed by atoms with Crippen molar-refractivity contribution in [3.63, 3.8) is 0 Å². The molecule has 0 N–H and O–H groups in total. The number of hydrogen-bond donors (Lipinski definition) is 0. The molecule has 0 spiro atoms. The lowest BCUT2D eigenvalue weighted by atomic mass is 8.87. The number of rotatable bonds is 24. The van der Waals surface area contributed by atoms with E-state index in [-0.39, 0.29) is 0 Å². The zero-order valence-corrected chi connectivity index (χ0v) is 45.5. The fourth-order valence-electron chi connectivity index (χ4n) is 10.8. The molecule has 8 nitrogen and oxygen atoms in total. The van der Waals surface area contributed by atoms with Crippen molar-refractivity contribution in [1.29, 1.82) is 0 Å². The van der Waals surface area contributed by atoms with Gasteiger partial charge in [-0.3, -0.25) is 0 Å². The summed E-state index contributed by atoms with van der Waals surface area (Å²) in [5.41, 5.74) is 5.16. The summed E-state index contributed by atoms with van der Waals surface area (Å²) in [7, 11) is -22.5. The van der Waals surface area contributed by atoms with Gasteiger partial charge in [-0.1, -0.05) is 45.6 Å². The largest absolute Gasteiger partial charge is 0.399 e. The first-order valence-electron chi connectivity index (χ1n) is 19.8. The minimum absolute atomic E-state index is 1.32. The molecule has 6 aliphatic carbocycles. The van der Waals surface area contributed by atoms with Gasteiger partial charge in [-0.25, -0.2) is 0 Å². The van der Waals surface area contributed by atoms with Crippen LogP contribution in [0.25, 0.3) is 0 Å². The summed E-state index contributed by atoms with van der Waals surface area (Å²) in [4.78, 5) is 0. The van der Waals surface area contributed by atoms with Gasteiger partial charge < -0.3 is 35.4 Å². The van der Waals surface area contributed by atoms with Crippen LogP contribution in [-0.2, 0) is 35.4 Å². The highest BCUT2D eigenvalue weighted by Crippen LogP contribution is 3.17. The van der Waals surface area contributed by atoms with Gasteiger partial charge in [0.2, 0.25) is 66.5 Å². The molecule has 0 atom stereocenters. The van der Waals surface area contributed by atoms with E-state index < -0.39 is 111 Å². The lowest BCUT2D eigenvalue weighted by molar-refractivity contribution is -0.838. The van der Waals surface area contributed by atoms with Gasteiger partial charge in [-0.05, 0) is 105 Å². The highest BCUT2D eigenvalue weighted by molar-refractivity contribution is 6.81. The molecule has 0 saturated heterocycles. The third-order valence-corrected chi connectivity index (χ3v) is 27.7. The van der Waals surface area contributed by atoms with E-state index in [2.05, 4.69) is 157 Å². The van der Waals surface area contributed by atoms with Crippen LogP contribution in [0.2, 0.25) is 105 Å². The molecule has 0 aromatic heterocycles. The number of hydrogen-bond acceptors (Lipinski definition) is 8. The van der Waals surface area contributed by atoms with Crippen LogP contribution in [0.15, 0.2) is 98.2 Å². The molecule has 0 aromatic carbocycles. The average Bonchev–Trinajstić information content (AvgIpc) is 3.10. The molecule has 16 heteroatoms. The van der Waals surface area contributed by atoms with E-state index in [1.54, 1.807) is 0 Å². The first-order valence-corrected chi connectivity index (χ1v) is 43.7. The van der Waals surface area contributed by atoms with Crippen LogP contribution in [0.4, 0.5) is 0 Å². The maximum atomic E-state index is 7.97. The van der Waals surface area contributed by atoms with Gasteiger partial charge in [-0.15, -0.1) is 52.6 Å². The SMILES string of the molecule is C=C[Si](C)(C)OC12C3(O[Si](C)(C)C=C)C4(O[Si](C)(C)C=C)C1(O[Si](C)(C)C=C)C1(O[Si](C)(C)C=C)C2(O[Si](C)(C)C=C)C3(O[Si](C)(C)C=C)C41O[Si](C)(C)C=C. The van der Waals surface area contributed by atoms with E-state index in [4.69, 9.17) is 35.4 Å². The molecule has 6 aliphatic rings. The van der Waals surface area contributed by atoms with Gasteiger partial charge in [0.05, 0.1) is 0 Å². The normalized spacial score (nSPS) is 38.3. The van der Waals surface area contributed by atoms with E-state index in [0.29, 0.717) is 0 Å². The van der Waals surface area contributed by atoms with Crippen LogP contribution in [0, 0.1) is 0 Å². The highest BCUT2D eigenvalue weighted by Gasteiger charge is 3.46. The van der Waals surface area contributed by atoms with Crippen molar-refractivity contribution in [3.05, 3.63) is 98.2 Å². The molecule has 0 aromatic rings. The fraction of sp³-hybridized carbons (Fsp3) is 0.600. The van der Waals surface area contributed by atoms with Crippen molar-refractivity contribution in [2.75, 3.05) is 0 Å². The molecule has 312 valence electrons. The van der Waals surface area contributed by atoms with Crippen molar-refractivity contribution in [3.8, 4) is 0 Å². The van der Waals surface area contributed by atoms with Crippen LogP contribution in [0.1, 0.15) is 0 Å². The Kier molecular flexibility index (Phi) is 10.3. The second kappa shape index (κ2) is 12.5. The van der Waals surface area contributed by atoms with Gasteiger partial charge in [0.1, 0.15) is 0 Å². The van der Waals surface area contributed by atoms with Gasteiger partial charge in [0.15, 0.2) is 44.8 Å². The molecule has 0 unspecified atom stereocenters. The van der Waals surface area contributed by atoms with Gasteiger partial charge >= 0.3 is 0 Å². The van der Waals surface area contributed by atoms with E-state index in [1.807, 2.05) is 45.6 Å². The highest BCUT2D eigenvalue weighted by atomic mass is 28.4. The molecule has 0 amide bonds. The van der Waals surface area contributed by atoms with Crippen LogP contribution in [-0.4, -0.2) is 111 Å². The van der Waals surface area contributed by atoms with Crippen molar-refractivity contribution >= 4 is 66.5 Å². The second-order valence-electron chi connectivity index (χ2n) is 20.7. The summed E-state index contributed by atoms with van der Waals surface area (Å²) in [6.07, 6.45) is 0. The summed E-state index contributed by atoms with van der Waals surface area (Å²) >= 11 is 0. The van der Waals surface area contributed by atoms with Crippen LogP contribution in [0.3, 0.4) is 0 Å². The van der Waals surface area contributed by atoms with Crippen molar-refractivity contribution < 1.29 is 35.4 Å². The lowest BCUT2D eigenvalue weighted by Crippen LogP contribution is -3.53. The lowest BCUT2D eigenvalue weighted by Gasteiger charge is -3.25. The summed E-state index contributed by atoms with van der Waals surface area (Å²) in [5.74, 6) is 0. The molecule has 0 radical (unpaired) electrons. The van der Waals surface area contributed by atoms with Gasteiger partial charge in [-0.2, -0.15) is 0 Å². The third kappa shape index (κ3) is 4.54. The molecule has 6 saturated carbocycles. The summed E-state index contributed by atoms with van der Waals surface area (Å²) in [5, 5.41) is 0. The smallest absolute Gasteiger partial charge is 0.211 e. The van der Waals surface area contributed by atoms with Crippen LogP contribution in [0.5, 0.6) is 0 Å². The molecule has 6 fully saturated rings. The van der Waals surface area contributed by atoms with Crippen molar-refractivity contribution in [2.45, 2.75) is 150 Å². The van der Waals surface area contributed by atoms with Crippen molar-refractivity contribution in [2.24, 2.45) is 0 Å². The standard InChI is InChI=1S/C40H72O8Si8/c1-25-49(9,10)41-33-34(42-50(11,12)26-2)37(45-53(17,18)29-5)35(33,43-51(13,14)27-3)39(47-55(21,22)31-7)36(33,44-52(15,16)28-4)38(34,46-54(19,20)30-6)40(37,39)48-56(23,24)32-8/h25-32H,1-8H2,9-24H3. The Hall–Kier alpha value is -0.665. The first kappa shape index (κ1) is 46.4. The minimum Gasteiger partial charge on any atom is -0.399 e. The Balaban J connectivity index is 2.18. The fourth-order valence-corrected chi connectivity index (χ4v) is 21.2. The Morgan fingerprint density at radius 3 is 0.339 bits per heavy atom. The molecule has 0 aliphatic heterocycles. The molecule has 6 rings (SSSR count). The maximum Gasteiger partial charge on any atom is 0.211 e. The quantitative estimate of drug-likeness (QED) is 0.0888. The van der Waals surface area contributed by atoms with Crippen LogP contribution < -0.4 is 0 Å². The molecule has 56 heavy (non-hydrogen) atoms. The van der Waals surface area contributed by atoms with E-state index >= 15 is 0 Å². The predicted octanol–water partition coefficient (Wildman–Crippen LogP) is 9.54. The van der Waals surface area contributed by atoms with Gasteiger partial charge in [0.25, 0.3) is 0 Å². The topological polar surface area (TPSA) is 73.8 Å². The zero-order valence-electron chi connectivity index (χ0n) is 37.5. The summed E-state index contributed by atoms with van der Waals surface area (Å²) in [6, 6.07) is 0. The van der Waals surface area contributed by atoms with Gasteiger partial charge in [0, 0.05) is 0 Å². The molecule has 0 bridgehead atoms. The first-order chi connectivity index (χ1) is 25.1. The Morgan fingerprint density at radius 2 is 0.286 bits per heavy atom. The van der Waals surface area contributed by atoms with E-state index in [1.165, 1.54) is 0 Å². The van der Waals surface area contributed by atoms with E-state index in [0.717, 1.165) is 0 Å². The second-order valence-corrected chi connectivity index (χ2v) is 51.3. The van der Waals surface area contributed by atoms with E-state index in [9.17, 15) is 0 Å². The Bertz CT molecular complexity index is 1350. The maximum absolute atomic E-state index is 7.97. The zero-order chi connectivity index (χ0) is 43.3. The molecular formula is C40H72O8Si8. The van der Waals surface area contributed by atoms with Crippen molar-refractivity contribution in [1.82, 2.24) is 0 Å². The predicted molar refractivity (Wildman–Crippen MR) is 252 cm³/mol. The minimum atomic E-state index is -2.81. The molecule has 0 heterocycles. The third-order valence-electron chi connectivity index (χ3n) is 13.2. The van der Waals surface area contributed by atoms with Crippen LogP contribution >= 0.6 is 0 Å². The Morgan fingerprint density at radius 1 is 0.214 bits per heavy atom. The summed E-state index contributed by atoms with van der Waals surface area (Å²) in [6.45, 7) is 69.1. The molecular weight excluding hydrogens is 833 g/mol.